The molecule has 0 atom stereocenters. The molecule has 0 saturated carbocycles. The lowest BCUT2D eigenvalue weighted by Crippen LogP contribution is -2.24. The molecule has 1 N–H and O–H groups in total. The summed E-state index contributed by atoms with van der Waals surface area (Å²) < 4.78 is 15.2. The monoisotopic (exact) mass is 380 g/mol. The Labute approximate surface area is 159 Å². The van der Waals surface area contributed by atoms with Crippen LogP contribution < -0.4 is 5.32 Å². The summed E-state index contributed by atoms with van der Waals surface area (Å²) in [5.74, 6) is -0.777. The Balaban J connectivity index is 1.68. The second kappa shape index (κ2) is 7.28. The van der Waals surface area contributed by atoms with Crippen LogP contribution in [0.3, 0.4) is 0 Å². The lowest BCUT2D eigenvalue weighted by Gasteiger charge is -2.07. The van der Waals surface area contributed by atoms with Crippen LogP contribution in [0.4, 0.5) is 4.39 Å². The van der Waals surface area contributed by atoms with Crippen molar-refractivity contribution in [3.63, 3.8) is 0 Å². The summed E-state index contributed by atoms with van der Waals surface area (Å²) in [6.45, 7) is 2.29. The van der Waals surface area contributed by atoms with E-state index in [2.05, 4.69) is 10.4 Å². The highest BCUT2D eigenvalue weighted by atomic mass is 32.1. The Bertz CT molecular complexity index is 1100. The number of nitrogens with one attached hydrogen (secondary N) is 1. The zero-order valence-corrected chi connectivity index (χ0v) is 15.5. The summed E-state index contributed by atoms with van der Waals surface area (Å²) in [7, 11) is 0. The summed E-state index contributed by atoms with van der Waals surface area (Å²) >= 11 is 1.54. The number of amides is 1. The number of benzene rings is 2. The maximum Gasteiger partial charge on any atom is 0.251 e. The van der Waals surface area contributed by atoms with Gasteiger partial charge in [0.05, 0.1) is 17.9 Å². The number of halogens is 1. The van der Waals surface area contributed by atoms with Gasteiger partial charge in [-0.15, -0.1) is 0 Å². The van der Waals surface area contributed by atoms with Gasteiger partial charge in [-0.1, -0.05) is 54.7 Å². The van der Waals surface area contributed by atoms with E-state index in [4.69, 9.17) is 4.98 Å². The fraction of sp³-hybridized carbons (Fsp3) is 0.150. The van der Waals surface area contributed by atoms with Crippen LogP contribution in [-0.2, 0) is 13.0 Å². The summed E-state index contributed by atoms with van der Waals surface area (Å²) in [4.78, 5) is 17.9. The maximum atomic E-state index is 13.4. The molecule has 0 fully saturated rings. The van der Waals surface area contributed by atoms with Crippen molar-refractivity contribution in [2.24, 2.45) is 0 Å². The molecule has 136 valence electrons. The van der Waals surface area contributed by atoms with Crippen molar-refractivity contribution < 1.29 is 9.18 Å². The van der Waals surface area contributed by atoms with Gasteiger partial charge in [0.25, 0.3) is 5.91 Å². The molecule has 4 rings (SSSR count). The minimum atomic E-state index is -0.438. The molecule has 7 heteroatoms. The topological polar surface area (TPSA) is 59.3 Å². The quantitative estimate of drug-likeness (QED) is 0.567. The van der Waals surface area contributed by atoms with Crippen molar-refractivity contribution in [2.45, 2.75) is 19.9 Å². The lowest BCUT2D eigenvalue weighted by molar-refractivity contribution is 0.0950. The third-order valence-corrected chi connectivity index (χ3v) is 5.24. The number of fused-ring (bicyclic) bond motifs is 1. The Morgan fingerprint density at radius 1 is 1.19 bits per heavy atom. The number of carbonyl (C=O) groups excluding carboxylic acids is 1. The summed E-state index contributed by atoms with van der Waals surface area (Å²) in [5.41, 5.74) is 2.83. The van der Waals surface area contributed by atoms with Crippen LogP contribution in [0.1, 0.15) is 28.0 Å². The minimum Gasteiger partial charge on any atom is -0.346 e. The molecule has 0 saturated heterocycles. The van der Waals surface area contributed by atoms with Crippen LogP contribution >= 0.6 is 11.3 Å². The van der Waals surface area contributed by atoms with E-state index in [0.29, 0.717) is 0 Å². The van der Waals surface area contributed by atoms with Gasteiger partial charge in [-0.05, 0) is 24.6 Å². The molecule has 27 heavy (non-hydrogen) atoms. The largest absolute Gasteiger partial charge is 0.346 e. The van der Waals surface area contributed by atoms with E-state index in [1.165, 1.54) is 29.5 Å². The smallest absolute Gasteiger partial charge is 0.251 e. The predicted molar refractivity (Wildman–Crippen MR) is 103 cm³/mol. The highest BCUT2D eigenvalue weighted by molar-refractivity contribution is 7.16. The van der Waals surface area contributed by atoms with E-state index in [1.807, 2.05) is 37.3 Å². The second-order valence-corrected chi connectivity index (χ2v) is 7.05. The third-order valence-electron chi connectivity index (χ3n) is 4.19. The molecule has 0 unspecified atom stereocenters. The molecule has 4 aromatic rings. The number of nitrogens with zero attached hydrogens (tertiary/aromatic N) is 3. The second-order valence-electron chi connectivity index (χ2n) is 6.01. The Morgan fingerprint density at radius 2 is 2.00 bits per heavy atom. The molecule has 1 amide bonds. The number of imidazole rings is 1. The van der Waals surface area contributed by atoms with Gasteiger partial charge < -0.3 is 5.32 Å². The molecule has 0 aliphatic rings. The van der Waals surface area contributed by atoms with Crippen LogP contribution in [0.15, 0.2) is 54.6 Å². The van der Waals surface area contributed by atoms with Gasteiger partial charge >= 0.3 is 0 Å². The molecule has 0 bridgehead atoms. The molecule has 2 aromatic carbocycles. The number of aryl methyl sites for hydroxylation is 1. The molecule has 2 heterocycles. The first-order valence-electron chi connectivity index (χ1n) is 8.62. The van der Waals surface area contributed by atoms with Crippen molar-refractivity contribution in [2.75, 3.05) is 0 Å². The van der Waals surface area contributed by atoms with Crippen LogP contribution in [0.5, 0.6) is 0 Å². The third kappa shape index (κ3) is 3.46. The van der Waals surface area contributed by atoms with Crippen molar-refractivity contribution in [3.05, 3.63) is 76.7 Å². The van der Waals surface area contributed by atoms with E-state index in [-0.39, 0.29) is 18.0 Å². The lowest BCUT2D eigenvalue weighted by atomic mass is 10.1. The van der Waals surface area contributed by atoms with E-state index < -0.39 is 5.82 Å². The highest BCUT2D eigenvalue weighted by Gasteiger charge is 2.18. The summed E-state index contributed by atoms with van der Waals surface area (Å²) in [5, 5.41) is 8.44. The van der Waals surface area contributed by atoms with Gasteiger partial charge in [-0.3, -0.25) is 4.79 Å². The normalized spacial score (nSPS) is 11.0. The molecule has 0 radical (unpaired) electrons. The molecular formula is C20H17FN4OS. The molecule has 2 aromatic heterocycles. The first-order valence-corrected chi connectivity index (χ1v) is 9.44. The van der Waals surface area contributed by atoms with Gasteiger partial charge in [-0.25, -0.2) is 13.9 Å². The zero-order chi connectivity index (χ0) is 18.8. The van der Waals surface area contributed by atoms with Crippen molar-refractivity contribution in [1.29, 1.82) is 0 Å². The maximum absolute atomic E-state index is 13.4. The number of carbonyl (C=O) groups is 1. The molecule has 0 aliphatic heterocycles. The van der Waals surface area contributed by atoms with E-state index >= 15 is 0 Å². The van der Waals surface area contributed by atoms with Crippen LogP contribution in [0.2, 0.25) is 0 Å². The van der Waals surface area contributed by atoms with Gasteiger partial charge in [-0.2, -0.15) is 5.10 Å². The summed E-state index contributed by atoms with van der Waals surface area (Å²) in [6, 6.07) is 15.4. The average Bonchev–Trinajstić information content (AvgIpc) is 3.24. The van der Waals surface area contributed by atoms with Crippen molar-refractivity contribution in [3.8, 4) is 11.3 Å². The fourth-order valence-electron chi connectivity index (χ4n) is 2.85. The van der Waals surface area contributed by atoms with Gasteiger partial charge in [0.15, 0.2) is 0 Å². The highest BCUT2D eigenvalue weighted by Crippen LogP contribution is 2.27. The van der Waals surface area contributed by atoms with Crippen molar-refractivity contribution in [1.82, 2.24) is 19.9 Å². The standard InChI is InChI=1S/C20H17FN4OS/c1-2-17-24-25-16(12-22-19(26)14-9-6-10-15(21)11-14)18(23-20(25)27-17)13-7-4-3-5-8-13/h3-11H,2,12H2,1H3,(H,22,26). The SMILES string of the molecule is CCc1nn2c(CNC(=O)c3cccc(F)c3)c(-c3ccccc3)nc2s1. The Morgan fingerprint density at radius 3 is 2.74 bits per heavy atom. The van der Waals surface area contributed by atoms with E-state index in [1.54, 1.807) is 10.6 Å². The predicted octanol–water partition coefficient (Wildman–Crippen LogP) is 4.09. The van der Waals surface area contributed by atoms with E-state index in [0.717, 1.165) is 33.3 Å². The van der Waals surface area contributed by atoms with Gasteiger partial charge in [0.2, 0.25) is 4.96 Å². The molecule has 5 nitrogen and oxygen atoms in total. The Hall–Kier alpha value is -3.06. The number of rotatable bonds is 5. The Kier molecular flexibility index (Phi) is 4.68. The molecular weight excluding hydrogens is 363 g/mol. The first kappa shape index (κ1) is 17.4. The minimum absolute atomic E-state index is 0.244. The fourth-order valence-corrected chi connectivity index (χ4v) is 3.71. The van der Waals surface area contributed by atoms with E-state index in [9.17, 15) is 9.18 Å². The summed E-state index contributed by atoms with van der Waals surface area (Å²) in [6.07, 6.45) is 0.823. The average molecular weight is 380 g/mol. The zero-order valence-electron chi connectivity index (χ0n) is 14.6. The van der Waals surface area contributed by atoms with Gasteiger partial charge in [0.1, 0.15) is 10.8 Å². The molecule has 0 aliphatic carbocycles. The van der Waals surface area contributed by atoms with Crippen molar-refractivity contribution >= 4 is 22.2 Å². The van der Waals surface area contributed by atoms with Crippen LogP contribution in [0, 0.1) is 5.82 Å². The van der Waals surface area contributed by atoms with Gasteiger partial charge in [0, 0.05) is 11.1 Å². The van der Waals surface area contributed by atoms with Crippen LogP contribution in [0.25, 0.3) is 16.2 Å². The number of aromatic nitrogens is 3. The number of hydrogen-bond acceptors (Lipinski definition) is 4. The van der Waals surface area contributed by atoms with Crippen LogP contribution in [-0.4, -0.2) is 20.5 Å². The first-order chi connectivity index (χ1) is 13.2. The molecule has 0 spiro atoms. The number of hydrogen-bond donors (Lipinski definition) is 1.